The lowest BCUT2D eigenvalue weighted by Gasteiger charge is -2.10. The van der Waals surface area contributed by atoms with Crippen LogP contribution < -0.4 is 4.74 Å². The fourth-order valence-electron chi connectivity index (χ4n) is 2.30. The summed E-state index contributed by atoms with van der Waals surface area (Å²) in [6.45, 7) is 6.21. The number of methoxy groups -OCH3 is 1. The third-order valence-corrected chi connectivity index (χ3v) is 3.24. The van der Waals surface area contributed by atoms with E-state index in [9.17, 15) is 4.79 Å². The molecule has 0 unspecified atom stereocenters. The molecule has 0 atom stereocenters. The fraction of sp³-hybridized carbons (Fsp3) is 0.312. The molecule has 2 aromatic rings. The molecule has 4 nitrogen and oxygen atoms in total. The number of ether oxygens (including phenoxy) is 2. The summed E-state index contributed by atoms with van der Waals surface area (Å²) in [5.41, 5.74) is 3.68. The molecule has 106 valence electrons. The summed E-state index contributed by atoms with van der Waals surface area (Å²) in [7, 11) is 1.66. The molecular weight excluding hydrogens is 254 g/mol. The third-order valence-electron chi connectivity index (χ3n) is 3.24. The average molecular weight is 273 g/mol. The van der Waals surface area contributed by atoms with Gasteiger partial charge in [0.1, 0.15) is 5.75 Å². The quantitative estimate of drug-likeness (QED) is 0.803. The van der Waals surface area contributed by atoms with Crippen molar-refractivity contribution in [1.29, 1.82) is 0 Å². The molecule has 0 fully saturated rings. The number of aryl methyl sites for hydroxylation is 1. The molecule has 0 aliphatic rings. The minimum absolute atomic E-state index is 0.294. The number of aromatic nitrogens is 1. The first kappa shape index (κ1) is 14.2. The van der Waals surface area contributed by atoms with Crippen molar-refractivity contribution in [2.45, 2.75) is 20.8 Å². The van der Waals surface area contributed by atoms with Crippen LogP contribution in [0, 0.1) is 13.8 Å². The molecule has 20 heavy (non-hydrogen) atoms. The molecule has 0 bridgehead atoms. The number of esters is 1. The number of carbonyl (C=O) groups is 1. The van der Waals surface area contributed by atoms with Gasteiger partial charge in [-0.2, -0.15) is 0 Å². The standard InChI is InChI=1S/C16H19NO3/c1-5-20-16(18)13-6-8-14(9-7-13)17-11(2)10-15(19-4)12(17)3/h6-10H,5H2,1-4H3. The monoisotopic (exact) mass is 273 g/mol. The predicted molar refractivity (Wildman–Crippen MR) is 77.8 cm³/mol. The fourth-order valence-corrected chi connectivity index (χ4v) is 2.30. The van der Waals surface area contributed by atoms with Crippen LogP contribution in [0.3, 0.4) is 0 Å². The van der Waals surface area contributed by atoms with Crippen LogP contribution >= 0.6 is 0 Å². The Kier molecular flexibility index (Phi) is 4.13. The summed E-state index contributed by atoms with van der Waals surface area (Å²) in [6, 6.07) is 9.36. The third kappa shape index (κ3) is 2.54. The second kappa shape index (κ2) is 5.82. The lowest BCUT2D eigenvalue weighted by atomic mass is 10.2. The Morgan fingerprint density at radius 2 is 1.85 bits per heavy atom. The van der Waals surface area contributed by atoms with Gasteiger partial charge in [0.15, 0.2) is 0 Å². The molecule has 0 saturated carbocycles. The van der Waals surface area contributed by atoms with Crippen molar-refractivity contribution < 1.29 is 14.3 Å². The molecular formula is C16H19NO3. The second-order valence-electron chi connectivity index (χ2n) is 4.54. The van der Waals surface area contributed by atoms with Crippen molar-refractivity contribution in [3.63, 3.8) is 0 Å². The van der Waals surface area contributed by atoms with E-state index in [0.29, 0.717) is 12.2 Å². The normalized spacial score (nSPS) is 10.4. The molecule has 0 N–H and O–H groups in total. The molecule has 1 aromatic carbocycles. The van der Waals surface area contributed by atoms with Crippen molar-refractivity contribution in [3.05, 3.63) is 47.3 Å². The van der Waals surface area contributed by atoms with Crippen LogP contribution in [0.5, 0.6) is 5.75 Å². The van der Waals surface area contributed by atoms with Gasteiger partial charge in [-0.25, -0.2) is 4.79 Å². The Labute approximate surface area is 118 Å². The zero-order chi connectivity index (χ0) is 14.7. The van der Waals surface area contributed by atoms with E-state index in [2.05, 4.69) is 4.57 Å². The first-order valence-corrected chi connectivity index (χ1v) is 6.59. The number of hydrogen-bond donors (Lipinski definition) is 0. The van der Waals surface area contributed by atoms with Crippen LogP contribution in [-0.2, 0) is 4.74 Å². The average Bonchev–Trinajstić information content (AvgIpc) is 2.74. The van der Waals surface area contributed by atoms with E-state index in [1.807, 2.05) is 32.0 Å². The van der Waals surface area contributed by atoms with Crippen LogP contribution in [0.15, 0.2) is 30.3 Å². The van der Waals surface area contributed by atoms with Crippen molar-refractivity contribution >= 4 is 5.97 Å². The summed E-state index contributed by atoms with van der Waals surface area (Å²) < 4.78 is 12.4. The number of benzene rings is 1. The number of carbonyl (C=O) groups excluding carboxylic acids is 1. The molecule has 2 rings (SSSR count). The topological polar surface area (TPSA) is 40.5 Å². The first-order chi connectivity index (χ1) is 9.58. The summed E-state index contributed by atoms with van der Waals surface area (Å²) in [4.78, 5) is 11.6. The molecule has 0 saturated heterocycles. The Hall–Kier alpha value is -2.23. The van der Waals surface area contributed by atoms with Gasteiger partial charge in [0.2, 0.25) is 0 Å². The van der Waals surface area contributed by atoms with Crippen LogP contribution in [-0.4, -0.2) is 24.3 Å². The highest BCUT2D eigenvalue weighted by Gasteiger charge is 2.12. The number of rotatable bonds is 4. The van der Waals surface area contributed by atoms with E-state index < -0.39 is 0 Å². The summed E-state index contributed by atoms with van der Waals surface area (Å²) in [5.74, 6) is 0.564. The minimum atomic E-state index is -0.294. The number of nitrogens with zero attached hydrogens (tertiary/aromatic N) is 1. The zero-order valence-corrected chi connectivity index (χ0v) is 12.3. The van der Waals surface area contributed by atoms with Crippen LogP contribution in [0.1, 0.15) is 28.7 Å². The summed E-state index contributed by atoms with van der Waals surface area (Å²) >= 11 is 0. The predicted octanol–water partition coefficient (Wildman–Crippen LogP) is 3.28. The van der Waals surface area contributed by atoms with Crippen LogP contribution in [0.4, 0.5) is 0 Å². The maximum atomic E-state index is 11.6. The lowest BCUT2D eigenvalue weighted by Crippen LogP contribution is -2.05. The molecule has 0 amide bonds. The SMILES string of the molecule is CCOC(=O)c1ccc(-n2c(C)cc(OC)c2C)cc1. The Balaban J connectivity index is 2.35. The van der Waals surface area contributed by atoms with Gasteiger partial charge < -0.3 is 14.0 Å². The minimum Gasteiger partial charge on any atom is -0.495 e. The van der Waals surface area contributed by atoms with Crippen molar-refractivity contribution in [2.75, 3.05) is 13.7 Å². The zero-order valence-electron chi connectivity index (χ0n) is 12.3. The number of hydrogen-bond acceptors (Lipinski definition) is 3. The highest BCUT2D eigenvalue weighted by atomic mass is 16.5. The van der Waals surface area contributed by atoms with Crippen LogP contribution in [0.2, 0.25) is 0 Å². The van der Waals surface area contributed by atoms with E-state index >= 15 is 0 Å². The van der Waals surface area contributed by atoms with E-state index in [1.165, 1.54) is 0 Å². The van der Waals surface area contributed by atoms with Crippen molar-refractivity contribution in [1.82, 2.24) is 4.57 Å². The highest BCUT2D eigenvalue weighted by molar-refractivity contribution is 5.89. The van der Waals surface area contributed by atoms with E-state index in [0.717, 1.165) is 22.8 Å². The summed E-state index contributed by atoms with van der Waals surface area (Å²) in [5, 5.41) is 0. The summed E-state index contributed by atoms with van der Waals surface area (Å²) in [6.07, 6.45) is 0. The van der Waals surface area contributed by atoms with E-state index in [4.69, 9.17) is 9.47 Å². The van der Waals surface area contributed by atoms with Gasteiger partial charge >= 0.3 is 5.97 Å². The maximum absolute atomic E-state index is 11.6. The van der Waals surface area contributed by atoms with Gasteiger partial charge in [0.25, 0.3) is 0 Å². The Bertz CT molecular complexity index is 611. The van der Waals surface area contributed by atoms with Crippen molar-refractivity contribution in [2.24, 2.45) is 0 Å². The molecule has 0 spiro atoms. The van der Waals surface area contributed by atoms with Crippen LogP contribution in [0.25, 0.3) is 5.69 Å². The largest absolute Gasteiger partial charge is 0.495 e. The van der Waals surface area contributed by atoms with Gasteiger partial charge in [-0.15, -0.1) is 0 Å². The van der Waals surface area contributed by atoms with Gasteiger partial charge in [-0.1, -0.05) is 0 Å². The molecule has 0 aliphatic carbocycles. The van der Waals surface area contributed by atoms with E-state index in [-0.39, 0.29) is 5.97 Å². The first-order valence-electron chi connectivity index (χ1n) is 6.59. The molecule has 1 aromatic heterocycles. The van der Waals surface area contributed by atoms with Crippen molar-refractivity contribution in [3.8, 4) is 11.4 Å². The van der Waals surface area contributed by atoms with Gasteiger partial charge in [0, 0.05) is 17.4 Å². The highest BCUT2D eigenvalue weighted by Crippen LogP contribution is 2.26. The lowest BCUT2D eigenvalue weighted by molar-refractivity contribution is 0.0526. The van der Waals surface area contributed by atoms with Gasteiger partial charge in [0.05, 0.1) is 25.0 Å². The van der Waals surface area contributed by atoms with Gasteiger partial charge in [-0.05, 0) is 45.0 Å². The molecule has 4 heteroatoms. The Morgan fingerprint density at radius 3 is 2.35 bits per heavy atom. The molecule has 1 heterocycles. The second-order valence-corrected chi connectivity index (χ2v) is 4.54. The molecule has 0 radical (unpaired) electrons. The van der Waals surface area contributed by atoms with Gasteiger partial charge in [-0.3, -0.25) is 0 Å². The maximum Gasteiger partial charge on any atom is 0.338 e. The Morgan fingerprint density at radius 1 is 1.20 bits per heavy atom. The van der Waals surface area contributed by atoms with E-state index in [1.54, 1.807) is 26.2 Å². The smallest absolute Gasteiger partial charge is 0.338 e. The molecule has 0 aliphatic heterocycles.